The van der Waals surface area contributed by atoms with E-state index in [1.54, 1.807) is 31.0 Å². The van der Waals surface area contributed by atoms with Gasteiger partial charge in [0.1, 0.15) is 0 Å². The van der Waals surface area contributed by atoms with E-state index in [2.05, 4.69) is 4.72 Å². The summed E-state index contributed by atoms with van der Waals surface area (Å²) in [6.45, 7) is 1.22. The molecule has 1 N–H and O–H groups in total. The van der Waals surface area contributed by atoms with Gasteiger partial charge >= 0.3 is 0 Å². The van der Waals surface area contributed by atoms with Crippen molar-refractivity contribution in [3.63, 3.8) is 0 Å². The van der Waals surface area contributed by atoms with Gasteiger partial charge in [-0.2, -0.15) is 0 Å². The predicted molar refractivity (Wildman–Crippen MR) is 85.5 cm³/mol. The molecule has 1 saturated carbocycles. The molecule has 3 rings (SSSR count). The first-order valence-corrected chi connectivity index (χ1v) is 10.0. The van der Waals surface area contributed by atoms with E-state index in [-0.39, 0.29) is 24.0 Å². The van der Waals surface area contributed by atoms with E-state index in [0.29, 0.717) is 18.1 Å². The van der Waals surface area contributed by atoms with Crippen molar-refractivity contribution in [1.29, 1.82) is 0 Å². The van der Waals surface area contributed by atoms with Gasteiger partial charge < -0.3 is 9.47 Å². The lowest BCUT2D eigenvalue weighted by atomic mass is 9.68. The first kappa shape index (κ1) is 16.3. The molecule has 0 bridgehead atoms. The maximum atomic E-state index is 12.6. The number of thioether (sulfide) groups is 1. The van der Waals surface area contributed by atoms with E-state index in [9.17, 15) is 8.42 Å². The summed E-state index contributed by atoms with van der Waals surface area (Å²) in [7, 11) is -1.87. The Bertz CT molecular complexity index is 617. The van der Waals surface area contributed by atoms with E-state index in [1.807, 2.05) is 18.4 Å². The van der Waals surface area contributed by atoms with Gasteiger partial charge in [-0.15, -0.1) is 11.8 Å². The molecular weight excluding hydrogens is 322 g/mol. The Labute approximate surface area is 135 Å². The molecule has 5 nitrogen and oxygen atoms in total. The Kier molecular flexibility index (Phi) is 4.80. The summed E-state index contributed by atoms with van der Waals surface area (Å²) in [6.07, 6.45) is 3.00. The second-order valence-corrected chi connectivity index (χ2v) is 8.32. The molecule has 122 valence electrons. The highest BCUT2D eigenvalue weighted by Gasteiger charge is 2.54. The number of methoxy groups -OCH3 is 1. The normalized spacial score (nSPS) is 30.8. The van der Waals surface area contributed by atoms with Gasteiger partial charge in [0, 0.05) is 36.5 Å². The largest absolute Gasteiger partial charge is 0.384 e. The minimum Gasteiger partial charge on any atom is -0.384 e. The van der Waals surface area contributed by atoms with Crippen LogP contribution in [0.15, 0.2) is 34.1 Å². The lowest BCUT2D eigenvalue weighted by Crippen LogP contribution is -2.62. The highest BCUT2D eigenvalue weighted by atomic mass is 32.2. The quantitative estimate of drug-likeness (QED) is 0.797. The fraction of sp³-hybridized carbons (Fsp3) is 0.600. The third-order valence-corrected chi connectivity index (χ3v) is 6.77. The summed E-state index contributed by atoms with van der Waals surface area (Å²) in [5.41, 5.74) is 0. The van der Waals surface area contributed by atoms with Crippen molar-refractivity contribution in [2.45, 2.75) is 28.4 Å². The average Bonchev–Trinajstić information content (AvgIpc) is 2.95. The lowest BCUT2D eigenvalue weighted by Gasteiger charge is -2.47. The number of fused-ring (bicyclic) bond motifs is 1. The number of hydrogen-bond acceptors (Lipinski definition) is 5. The monoisotopic (exact) mass is 343 g/mol. The standard InChI is InChI=1S/C15H21NO4S2/c1-19-9-13-14(12-7-8-20-15(12)13)16-22(17,18)11-5-3-10(21-2)4-6-11/h3-6,12-16H,7-9H2,1-2H3/t12-,13+,14+,15-/m0/s1. The molecule has 2 fully saturated rings. The van der Waals surface area contributed by atoms with Crippen LogP contribution in [0.4, 0.5) is 0 Å². The fourth-order valence-corrected chi connectivity index (χ4v) is 5.14. The van der Waals surface area contributed by atoms with Crippen molar-refractivity contribution >= 4 is 21.8 Å². The Balaban J connectivity index is 1.75. The Hall–Kier alpha value is -0.600. The van der Waals surface area contributed by atoms with Crippen LogP contribution in [0, 0.1) is 11.8 Å². The van der Waals surface area contributed by atoms with Crippen molar-refractivity contribution in [2.24, 2.45) is 11.8 Å². The van der Waals surface area contributed by atoms with Gasteiger partial charge in [0.05, 0.1) is 17.6 Å². The molecule has 1 aromatic carbocycles. The molecule has 0 unspecified atom stereocenters. The van der Waals surface area contributed by atoms with Crippen molar-refractivity contribution < 1.29 is 17.9 Å². The lowest BCUT2D eigenvalue weighted by molar-refractivity contribution is -0.0775. The SMILES string of the molecule is COC[C@@H]1[C@H](NS(=O)(=O)c2ccc(SC)cc2)[C@@H]2CCO[C@H]12. The second kappa shape index (κ2) is 6.49. The molecular formula is C15H21NO4S2. The minimum atomic E-state index is -3.51. The highest BCUT2D eigenvalue weighted by molar-refractivity contribution is 7.98. The van der Waals surface area contributed by atoms with Gasteiger partial charge in [-0.3, -0.25) is 0 Å². The summed E-state index contributed by atoms with van der Waals surface area (Å²) in [4.78, 5) is 1.35. The summed E-state index contributed by atoms with van der Waals surface area (Å²) >= 11 is 1.59. The summed E-state index contributed by atoms with van der Waals surface area (Å²) in [5, 5.41) is 0. The summed E-state index contributed by atoms with van der Waals surface area (Å²) in [6, 6.07) is 6.86. The van der Waals surface area contributed by atoms with Gasteiger partial charge in [-0.25, -0.2) is 13.1 Å². The Morgan fingerprint density at radius 2 is 2.09 bits per heavy atom. The van der Waals surface area contributed by atoms with Crippen LogP contribution in [0.5, 0.6) is 0 Å². The second-order valence-electron chi connectivity index (χ2n) is 5.73. The van der Waals surface area contributed by atoms with Crippen LogP contribution in [-0.4, -0.2) is 47.1 Å². The number of nitrogens with one attached hydrogen (secondary N) is 1. The zero-order valence-corrected chi connectivity index (χ0v) is 14.3. The van der Waals surface area contributed by atoms with Crippen molar-refractivity contribution in [1.82, 2.24) is 4.72 Å². The van der Waals surface area contributed by atoms with Gasteiger partial charge in [0.25, 0.3) is 0 Å². The van der Waals surface area contributed by atoms with E-state index in [0.717, 1.165) is 11.3 Å². The molecule has 1 aliphatic carbocycles. The smallest absolute Gasteiger partial charge is 0.240 e. The third-order valence-electron chi connectivity index (χ3n) is 4.55. The maximum Gasteiger partial charge on any atom is 0.240 e. The van der Waals surface area contributed by atoms with Crippen LogP contribution < -0.4 is 4.72 Å². The van der Waals surface area contributed by atoms with Crippen molar-refractivity contribution in [3.8, 4) is 0 Å². The van der Waals surface area contributed by atoms with E-state index in [4.69, 9.17) is 9.47 Å². The predicted octanol–water partition coefficient (Wildman–Crippen LogP) is 1.74. The minimum absolute atomic E-state index is 0.0951. The molecule has 0 amide bonds. The molecule has 1 aromatic rings. The average molecular weight is 343 g/mol. The molecule has 1 saturated heterocycles. The van der Waals surface area contributed by atoms with E-state index in [1.165, 1.54) is 0 Å². The van der Waals surface area contributed by atoms with Crippen LogP contribution in [-0.2, 0) is 19.5 Å². The van der Waals surface area contributed by atoms with Gasteiger partial charge in [-0.1, -0.05) is 0 Å². The first-order chi connectivity index (χ1) is 10.6. The number of ether oxygens (including phenoxy) is 2. The molecule has 4 atom stereocenters. The van der Waals surface area contributed by atoms with E-state index < -0.39 is 10.0 Å². The molecule has 7 heteroatoms. The highest BCUT2D eigenvalue weighted by Crippen LogP contribution is 2.44. The summed E-state index contributed by atoms with van der Waals surface area (Å²) < 4.78 is 38.9. The summed E-state index contributed by atoms with van der Waals surface area (Å²) in [5.74, 6) is 0.359. The molecule has 0 radical (unpaired) electrons. The Morgan fingerprint density at radius 1 is 1.36 bits per heavy atom. The molecule has 22 heavy (non-hydrogen) atoms. The molecule has 1 heterocycles. The fourth-order valence-electron chi connectivity index (χ4n) is 3.40. The molecule has 1 aliphatic heterocycles. The van der Waals surface area contributed by atoms with E-state index >= 15 is 0 Å². The van der Waals surface area contributed by atoms with Crippen LogP contribution in [0.2, 0.25) is 0 Å². The number of hydrogen-bond donors (Lipinski definition) is 1. The van der Waals surface area contributed by atoms with Crippen molar-refractivity contribution in [3.05, 3.63) is 24.3 Å². The first-order valence-electron chi connectivity index (χ1n) is 7.34. The topological polar surface area (TPSA) is 64.6 Å². The molecule has 0 aromatic heterocycles. The van der Waals surface area contributed by atoms with Crippen LogP contribution >= 0.6 is 11.8 Å². The zero-order chi connectivity index (χ0) is 15.7. The van der Waals surface area contributed by atoms with Gasteiger partial charge in [-0.05, 0) is 36.9 Å². The van der Waals surface area contributed by atoms with Gasteiger partial charge in [0.2, 0.25) is 10.0 Å². The van der Waals surface area contributed by atoms with Crippen LogP contribution in [0.1, 0.15) is 6.42 Å². The zero-order valence-electron chi connectivity index (χ0n) is 12.7. The number of rotatable bonds is 6. The molecule has 0 spiro atoms. The van der Waals surface area contributed by atoms with Crippen molar-refractivity contribution in [2.75, 3.05) is 26.6 Å². The number of sulfonamides is 1. The third kappa shape index (κ3) is 2.92. The Morgan fingerprint density at radius 3 is 2.73 bits per heavy atom. The molecule has 2 aliphatic rings. The maximum absolute atomic E-state index is 12.6. The van der Waals surface area contributed by atoms with Crippen LogP contribution in [0.25, 0.3) is 0 Å². The van der Waals surface area contributed by atoms with Gasteiger partial charge in [0.15, 0.2) is 0 Å². The van der Waals surface area contributed by atoms with Crippen LogP contribution in [0.3, 0.4) is 0 Å². The number of benzene rings is 1.